The standard InChI is InChI=1S/C14H13F2N3O/c1-8-2-4-10(13(6-8)19-17)14(20)18-12-5-3-9(15)7-11(12)16/h2-7,19H,17H2,1H3,(H,18,20). The zero-order chi connectivity index (χ0) is 14.7. The van der Waals surface area contributed by atoms with Gasteiger partial charge in [-0.25, -0.2) is 8.78 Å². The third kappa shape index (κ3) is 2.92. The average Bonchev–Trinajstić information content (AvgIpc) is 2.41. The molecule has 0 aliphatic rings. The van der Waals surface area contributed by atoms with Gasteiger partial charge in [0.25, 0.3) is 5.91 Å². The summed E-state index contributed by atoms with van der Waals surface area (Å²) in [4.78, 5) is 12.1. The fourth-order valence-electron chi connectivity index (χ4n) is 1.76. The molecule has 0 bridgehead atoms. The first-order valence-corrected chi connectivity index (χ1v) is 5.85. The summed E-state index contributed by atoms with van der Waals surface area (Å²) in [5, 5.41) is 2.37. The van der Waals surface area contributed by atoms with Gasteiger partial charge in [-0.2, -0.15) is 0 Å². The van der Waals surface area contributed by atoms with Gasteiger partial charge < -0.3 is 10.7 Å². The molecule has 2 aromatic rings. The summed E-state index contributed by atoms with van der Waals surface area (Å²) in [6, 6.07) is 7.92. The van der Waals surface area contributed by atoms with Crippen molar-refractivity contribution in [1.82, 2.24) is 0 Å². The number of rotatable bonds is 3. The van der Waals surface area contributed by atoms with E-state index in [1.807, 2.05) is 6.92 Å². The van der Waals surface area contributed by atoms with Crippen LogP contribution < -0.4 is 16.6 Å². The van der Waals surface area contributed by atoms with Gasteiger partial charge in [0.05, 0.1) is 16.9 Å². The van der Waals surface area contributed by atoms with Gasteiger partial charge >= 0.3 is 0 Å². The average molecular weight is 277 g/mol. The minimum Gasteiger partial charge on any atom is -0.323 e. The van der Waals surface area contributed by atoms with E-state index in [0.717, 1.165) is 17.7 Å². The number of nitrogens with one attached hydrogen (secondary N) is 2. The van der Waals surface area contributed by atoms with Gasteiger partial charge in [0, 0.05) is 6.07 Å². The highest BCUT2D eigenvalue weighted by atomic mass is 19.1. The van der Waals surface area contributed by atoms with Gasteiger partial charge in [0.1, 0.15) is 11.6 Å². The molecule has 0 saturated heterocycles. The zero-order valence-corrected chi connectivity index (χ0v) is 10.7. The maximum absolute atomic E-state index is 13.5. The summed E-state index contributed by atoms with van der Waals surface area (Å²) in [7, 11) is 0. The van der Waals surface area contributed by atoms with Gasteiger partial charge in [0.15, 0.2) is 0 Å². The van der Waals surface area contributed by atoms with Gasteiger partial charge in [-0.15, -0.1) is 0 Å². The van der Waals surface area contributed by atoms with Crippen LogP contribution in [0.5, 0.6) is 0 Å². The fraction of sp³-hybridized carbons (Fsp3) is 0.0714. The molecule has 0 spiro atoms. The number of aryl methyl sites for hydroxylation is 1. The summed E-state index contributed by atoms with van der Waals surface area (Å²) in [6.45, 7) is 1.85. The Bertz CT molecular complexity index is 659. The van der Waals surface area contributed by atoms with Crippen LogP contribution in [0.4, 0.5) is 20.2 Å². The summed E-state index contributed by atoms with van der Waals surface area (Å²) >= 11 is 0. The van der Waals surface area contributed by atoms with Gasteiger partial charge in [0.2, 0.25) is 0 Å². The van der Waals surface area contributed by atoms with Crippen molar-refractivity contribution in [1.29, 1.82) is 0 Å². The van der Waals surface area contributed by atoms with Gasteiger partial charge in [-0.3, -0.25) is 10.6 Å². The van der Waals surface area contributed by atoms with Crippen LogP contribution in [0.2, 0.25) is 0 Å². The number of hydrazine groups is 1. The van der Waals surface area contributed by atoms with E-state index in [-0.39, 0.29) is 11.3 Å². The highest BCUT2D eigenvalue weighted by molar-refractivity contribution is 6.08. The number of carbonyl (C=O) groups is 1. The van der Waals surface area contributed by atoms with Gasteiger partial charge in [-0.05, 0) is 36.8 Å². The van der Waals surface area contributed by atoms with Crippen LogP contribution in [0.25, 0.3) is 0 Å². The summed E-state index contributed by atoms with van der Waals surface area (Å²) in [6.07, 6.45) is 0. The second kappa shape index (κ2) is 5.66. The normalized spacial score (nSPS) is 10.2. The predicted octanol–water partition coefficient (Wildman–Crippen LogP) is 2.81. The van der Waals surface area contributed by atoms with Crippen LogP contribution >= 0.6 is 0 Å². The van der Waals surface area contributed by atoms with Crippen molar-refractivity contribution in [2.24, 2.45) is 5.84 Å². The van der Waals surface area contributed by atoms with Crippen LogP contribution in [0.3, 0.4) is 0 Å². The first kappa shape index (κ1) is 14.0. The summed E-state index contributed by atoms with van der Waals surface area (Å²) in [5.74, 6) is 3.26. The Morgan fingerprint density at radius 1 is 1.10 bits per heavy atom. The number of benzene rings is 2. The number of nitrogens with two attached hydrogens (primary N) is 1. The molecule has 1 amide bonds. The molecular weight excluding hydrogens is 264 g/mol. The largest absolute Gasteiger partial charge is 0.323 e. The molecule has 2 aromatic carbocycles. The second-order valence-electron chi connectivity index (χ2n) is 4.27. The minimum absolute atomic E-state index is 0.0973. The van der Waals surface area contributed by atoms with E-state index in [9.17, 15) is 13.6 Å². The molecule has 104 valence electrons. The van der Waals surface area contributed by atoms with Crippen molar-refractivity contribution in [2.45, 2.75) is 6.92 Å². The third-order valence-corrected chi connectivity index (χ3v) is 2.75. The Hall–Kier alpha value is -2.47. The lowest BCUT2D eigenvalue weighted by Crippen LogP contribution is -2.18. The van der Waals surface area contributed by atoms with E-state index in [4.69, 9.17) is 5.84 Å². The number of carbonyl (C=O) groups excluding carboxylic acids is 1. The first-order valence-electron chi connectivity index (χ1n) is 5.85. The summed E-state index contributed by atoms with van der Waals surface area (Å²) < 4.78 is 26.3. The van der Waals surface area contributed by atoms with Crippen molar-refractivity contribution in [3.8, 4) is 0 Å². The molecule has 0 aliphatic carbocycles. The smallest absolute Gasteiger partial charge is 0.257 e. The lowest BCUT2D eigenvalue weighted by atomic mass is 10.1. The molecule has 6 heteroatoms. The number of amides is 1. The van der Waals surface area contributed by atoms with E-state index in [2.05, 4.69) is 10.7 Å². The molecule has 0 aliphatic heterocycles. The van der Waals surface area contributed by atoms with Crippen LogP contribution in [0.15, 0.2) is 36.4 Å². The van der Waals surface area contributed by atoms with Crippen LogP contribution in [0, 0.1) is 18.6 Å². The lowest BCUT2D eigenvalue weighted by molar-refractivity contribution is 0.102. The monoisotopic (exact) mass is 277 g/mol. The van der Waals surface area contributed by atoms with Crippen molar-refractivity contribution in [3.63, 3.8) is 0 Å². The number of hydrogen-bond donors (Lipinski definition) is 3. The SMILES string of the molecule is Cc1ccc(C(=O)Nc2ccc(F)cc2F)c(NN)c1. The van der Waals surface area contributed by atoms with Gasteiger partial charge in [-0.1, -0.05) is 6.07 Å². The predicted molar refractivity (Wildman–Crippen MR) is 73.3 cm³/mol. The Morgan fingerprint density at radius 2 is 1.85 bits per heavy atom. The minimum atomic E-state index is -0.840. The lowest BCUT2D eigenvalue weighted by Gasteiger charge is -2.11. The number of halogens is 2. The van der Waals surface area contributed by atoms with E-state index < -0.39 is 17.5 Å². The number of hydrogen-bond acceptors (Lipinski definition) is 3. The molecular formula is C14H13F2N3O. The Labute approximate surface area is 114 Å². The van der Waals surface area contributed by atoms with Crippen molar-refractivity contribution in [2.75, 3.05) is 10.7 Å². The van der Waals surface area contributed by atoms with Crippen molar-refractivity contribution >= 4 is 17.3 Å². The van der Waals surface area contributed by atoms with E-state index >= 15 is 0 Å². The highest BCUT2D eigenvalue weighted by Crippen LogP contribution is 2.20. The molecule has 0 aromatic heterocycles. The molecule has 0 heterocycles. The molecule has 4 nitrogen and oxygen atoms in total. The highest BCUT2D eigenvalue weighted by Gasteiger charge is 2.13. The molecule has 0 atom stereocenters. The number of nitrogen functional groups attached to an aromatic ring is 1. The Kier molecular flexibility index (Phi) is 3.95. The Morgan fingerprint density at radius 3 is 2.50 bits per heavy atom. The first-order chi connectivity index (χ1) is 9.51. The molecule has 2 rings (SSSR count). The fourth-order valence-corrected chi connectivity index (χ4v) is 1.76. The maximum atomic E-state index is 13.5. The molecule has 4 N–H and O–H groups in total. The van der Waals surface area contributed by atoms with Crippen molar-refractivity contribution < 1.29 is 13.6 Å². The van der Waals surface area contributed by atoms with E-state index in [0.29, 0.717) is 11.8 Å². The van der Waals surface area contributed by atoms with Crippen LogP contribution in [-0.4, -0.2) is 5.91 Å². The van der Waals surface area contributed by atoms with E-state index in [1.54, 1.807) is 18.2 Å². The third-order valence-electron chi connectivity index (χ3n) is 2.75. The molecule has 20 heavy (non-hydrogen) atoms. The van der Waals surface area contributed by atoms with E-state index in [1.165, 1.54) is 0 Å². The molecule has 0 radical (unpaired) electrons. The van der Waals surface area contributed by atoms with Crippen molar-refractivity contribution in [3.05, 3.63) is 59.2 Å². The van der Waals surface area contributed by atoms with Crippen LogP contribution in [0.1, 0.15) is 15.9 Å². The Balaban J connectivity index is 2.28. The summed E-state index contributed by atoms with van der Waals surface area (Å²) in [5.41, 5.74) is 3.92. The van der Waals surface area contributed by atoms with Crippen LogP contribution in [-0.2, 0) is 0 Å². The topological polar surface area (TPSA) is 67.2 Å². The molecule has 0 fully saturated rings. The zero-order valence-electron chi connectivity index (χ0n) is 10.7. The quantitative estimate of drug-likeness (QED) is 0.597. The molecule has 0 unspecified atom stereocenters. The second-order valence-corrected chi connectivity index (χ2v) is 4.27. The molecule has 0 saturated carbocycles. The number of anilines is 2. The maximum Gasteiger partial charge on any atom is 0.257 e.